The lowest BCUT2D eigenvalue weighted by atomic mass is 9.94. The summed E-state index contributed by atoms with van der Waals surface area (Å²) in [4.78, 5) is 6.96. The first-order valence-corrected chi connectivity index (χ1v) is 11.8. The lowest BCUT2D eigenvalue weighted by molar-refractivity contribution is 0.395. The predicted octanol–water partition coefficient (Wildman–Crippen LogP) is 6.15. The molecule has 0 spiro atoms. The molecule has 166 valence electrons. The average Bonchev–Trinajstić information content (AvgIpc) is 3.31. The van der Waals surface area contributed by atoms with E-state index in [1.54, 1.807) is 0 Å². The number of thiocarbonyl (C=S) groups is 1. The summed E-state index contributed by atoms with van der Waals surface area (Å²) in [6.45, 7) is 7.33. The third kappa shape index (κ3) is 4.60. The normalized spacial score (nSPS) is 16.4. The molecular formula is C26H30N4OS. The third-order valence-corrected chi connectivity index (χ3v) is 6.33. The molecule has 1 aliphatic heterocycles. The molecule has 0 saturated carbocycles. The van der Waals surface area contributed by atoms with Gasteiger partial charge in [0.1, 0.15) is 0 Å². The van der Waals surface area contributed by atoms with Crippen LogP contribution in [-0.4, -0.2) is 26.7 Å². The van der Waals surface area contributed by atoms with E-state index in [2.05, 4.69) is 72.5 Å². The molecule has 1 N–H and O–H groups in total. The van der Waals surface area contributed by atoms with Crippen LogP contribution in [0.2, 0.25) is 0 Å². The van der Waals surface area contributed by atoms with E-state index < -0.39 is 0 Å². The first-order chi connectivity index (χ1) is 15.6. The van der Waals surface area contributed by atoms with E-state index in [9.17, 15) is 0 Å². The van der Waals surface area contributed by atoms with Gasteiger partial charge in [-0.05, 0) is 43.1 Å². The molecule has 2 heterocycles. The zero-order valence-electron chi connectivity index (χ0n) is 19.0. The van der Waals surface area contributed by atoms with E-state index in [1.807, 2.05) is 18.2 Å². The summed E-state index contributed by atoms with van der Waals surface area (Å²) < 4.78 is 5.82. The van der Waals surface area contributed by atoms with Crippen molar-refractivity contribution in [2.24, 2.45) is 0 Å². The summed E-state index contributed by atoms with van der Waals surface area (Å²) in [6, 6.07) is 18.5. The summed E-state index contributed by atoms with van der Waals surface area (Å²) in [5.74, 6) is 1.13. The highest BCUT2D eigenvalue weighted by atomic mass is 32.1. The molecule has 32 heavy (non-hydrogen) atoms. The Morgan fingerprint density at radius 3 is 2.47 bits per heavy atom. The fraction of sp³-hybridized carbons (Fsp3) is 0.346. The van der Waals surface area contributed by atoms with Gasteiger partial charge in [-0.2, -0.15) is 4.98 Å². The van der Waals surface area contributed by atoms with Crippen molar-refractivity contribution in [3.05, 3.63) is 77.3 Å². The Balaban J connectivity index is 1.74. The van der Waals surface area contributed by atoms with E-state index in [4.69, 9.17) is 21.7 Å². The second-order valence-corrected chi connectivity index (χ2v) is 8.51. The molecule has 1 aromatic heterocycles. The van der Waals surface area contributed by atoms with Crippen LogP contribution in [0.5, 0.6) is 0 Å². The van der Waals surface area contributed by atoms with Gasteiger partial charge in [0.25, 0.3) is 5.89 Å². The van der Waals surface area contributed by atoms with Gasteiger partial charge >= 0.3 is 0 Å². The summed E-state index contributed by atoms with van der Waals surface area (Å²) in [6.07, 6.45) is 4.42. The van der Waals surface area contributed by atoms with Crippen molar-refractivity contribution in [2.75, 3.05) is 6.54 Å². The highest BCUT2D eigenvalue weighted by Gasteiger charge is 2.33. The number of rotatable bonds is 8. The van der Waals surface area contributed by atoms with Crippen LogP contribution in [0.1, 0.15) is 63.1 Å². The van der Waals surface area contributed by atoms with Crippen molar-refractivity contribution in [3.8, 4) is 11.4 Å². The quantitative estimate of drug-likeness (QED) is 0.331. The van der Waals surface area contributed by atoms with Crippen LogP contribution in [0.3, 0.4) is 0 Å². The molecule has 1 unspecified atom stereocenters. The maximum Gasteiger partial charge on any atom is 0.258 e. The Labute approximate surface area is 195 Å². The number of unbranched alkanes of at least 4 members (excludes halogenated alkanes) is 2. The number of allylic oxidation sites excluding steroid dienone is 1. The van der Waals surface area contributed by atoms with E-state index >= 15 is 0 Å². The van der Waals surface area contributed by atoms with Crippen molar-refractivity contribution in [3.63, 3.8) is 0 Å². The summed E-state index contributed by atoms with van der Waals surface area (Å²) in [5, 5.41) is 8.57. The average molecular weight is 447 g/mol. The van der Waals surface area contributed by atoms with Gasteiger partial charge in [-0.3, -0.25) is 0 Å². The lowest BCUT2D eigenvalue weighted by Gasteiger charge is -2.37. The molecule has 0 bridgehead atoms. The van der Waals surface area contributed by atoms with Gasteiger partial charge in [-0.25, -0.2) is 0 Å². The van der Waals surface area contributed by atoms with Gasteiger partial charge < -0.3 is 14.7 Å². The van der Waals surface area contributed by atoms with Gasteiger partial charge in [0, 0.05) is 17.8 Å². The van der Waals surface area contributed by atoms with Gasteiger partial charge in [0.2, 0.25) is 5.82 Å². The molecule has 4 rings (SSSR count). The molecule has 0 saturated heterocycles. The molecule has 6 heteroatoms. The monoisotopic (exact) mass is 446 g/mol. The smallest absolute Gasteiger partial charge is 0.258 e. The molecule has 0 aliphatic carbocycles. The molecule has 5 nitrogen and oxygen atoms in total. The van der Waals surface area contributed by atoms with Crippen LogP contribution < -0.4 is 5.32 Å². The van der Waals surface area contributed by atoms with E-state index in [0.717, 1.165) is 46.9 Å². The predicted molar refractivity (Wildman–Crippen MR) is 133 cm³/mol. The Kier molecular flexibility index (Phi) is 7.00. The molecule has 0 radical (unpaired) electrons. The highest BCUT2D eigenvalue weighted by Crippen LogP contribution is 2.37. The van der Waals surface area contributed by atoms with Crippen molar-refractivity contribution in [2.45, 2.75) is 52.5 Å². The Morgan fingerprint density at radius 2 is 1.78 bits per heavy atom. The maximum atomic E-state index is 5.82. The van der Waals surface area contributed by atoms with Crippen molar-refractivity contribution in [1.82, 2.24) is 20.4 Å². The van der Waals surface area contributed by atoms with E-state index in [-0.39, 0.29) is 6.04 Å². The lowest BCUT2D eigenvalue weighted by Crippen LogP contribution is -2.46. The Bertz CT molecular complexity index is 1090. The molecular weight excluding hydrogens is 416 g/mol. The van der Waals surface area contributed by atoms with Crippen molar-refractivity contribution < 1.29 is 4.52 Å². The molecule has 0 fully saturated rings. The van der Waals surface area contributed by atoms with Crippen LogP contribution in [0.25, 0.3) is 17.0 Å². The first-order valence-electron chi connectivity index (χ1n) is 11.4. The molecule has 1 atom stereocenters. The second kappa shape index (κ2) is 10.1. The number of benzene rings is 2. The largest absolute Gasteiger partial charge is 0.351 e. The second-order valence-electron chi connectivity index (χ2n) is 8.12. The minimum Gasteiger partial charge on any atom is -0.351 e. The van der Waals surface area contributed by atoms with Crippen LogP contribution in [0.4, 0.5) is 0 Å². The number of aromatic nitrogens is 2. The van der Waals surface area contributed by atoms with E-state index in [0.29, 0.717) is 11.7 Å². The van der Waals surface area contributed by atoms with Gasteiger partial charge in [-0.1, -0.05) is 86.4 Å². The number of nitrogens with one attached hydrogen (secondary N) is 1. The molecule has 3 aromatic rings. The molecule has 0 amide bonds. The van der Waals surface area contributed by atoms with Crippen LogP contribution >= 0.6 is 12.2 Å². The SMILES string of the molecule is CCCCCN1C(=S)NC(c2ccccc2)C(c2nc(-c3ccc(CC)cc3)no2)=C1C. The summed E-state index contributed by atoms with van der Waals surface area (Å²) >= 11 is 5.75. The minimum absolute atomic E-state index is 0.137. The summed E-state index contributed by atoms with van der Waals surface area (Å²) in [5.41, 5.74) is 5.39. The zero-order chi connectivity index (χ0) is 22.5. The highest BCUT2D eigenvalue weighted by molar-refractivity contribution is 7.80. The fourth-order valence-corrected chi connectivity index (χ4v) is 4.43. The minimum atomic E-state index is -0.137. The third-order valence-electron chi connectivity index (χ3n) is 5.99. The first kappa shape index (κ1) is 22.2. The number of hydrogen-bond donors (Lipinski definition) is 1. The van der Waals surface area contributed by atoms with Crippen LogP contribution in [-0.2, 0) is 6.42 Å². The van der Waals surface area contributed by atoms with Gasteiger partial charge in [0.05, 0.1) is 11.6 Å². The van der Waals surface area contributed by atoms with E-state index in [1.165, 1.54) is 18.4 Å². The topological polar surface area (TPSA) is 54.2 Å². The number of aryl methyl sites for hydroxylation is 1. The molecule has 2 aromatic carbocycles. The van der Waals surface area contributed by atoms with Crippen LogP contribution in [0, 0.1) is 0 Å². The maximum absolute atomic E-state index is 5.82. The van der Waals surface area contributed by atoms with Gasteiger partial charge in [0.15, 0.2) is 5.11 Å². The zero-order valence-corrected chi connectivity index (χ0v) is 19.8. The summed E-state index contributed by atoms with van der Waals surface area (Å²) in [7, 11) is 0. The standard InChI is InChI=1S/C26H30N4OS/c1-4-6-10-17-30-18(3)22(23(27-26(30)32)20-11-8-7-9-12-20)25-28-24(29-31-25)21-15-13-19(5-2)14-16-21/h7-9,11-16,23H,4-6,10,17H2,1-3H3,(H,27,32). The Morgan fingerprint density at radius 1 is 1.03 bits per heavy atom. The number of nitrogens with zero attached hydrogens (tertiary/aromatic N) is 3. The van der Waals surface area contributed by atoms with Crippen molar-refractivity contribution in [1.29, 1.82) is 0 Å². The fourth-order valence-electron chi connectivity index (χ4n) is 4.08. The van der Waals surface area contributed by atoms with Crippen LogP contribution in [0.15, 0.2) is 64.8 Å². The Hall–Kier alpha value is -2.99. The number of hydrogen-bond acceptors (Lipinski definition) is 4. The van der Waals surface area contributed by atoms with Crippen molar-refractivity contribution >= 4 is 22.9 Å². The van der Waals surface area contributed by atoms with Gasteiger partial charge in [-0.15, -0.1) is 0 Å². The molecule has 1 aliphatic rings.